The van der Waals surface area contributed by atoms with E-state index in [0.717, 1.165) is 18.6 Å². The molecule has 11 atom stereocenters. The maximum absolute atomic E-state index is 14.3. The van der Waals surface area contributed by atoms with Gasteiger partial charge in [-0.3, -0.25) is 48.5 Å². The molecule has 3 aromatic carbocycles. The molecular weight excluding hydrogens is 1130 g/mol. The number of aromatic hydroxyl groups is 1. The highest BCUT2D eigenvalue weighted by Crippen LogP contribution is 2.47. The molecule has 0 radical (unpaired) electrons. The van der Waals surface area contributed by atoms with E-state index in [9.17, 15) is 73.2 Å². The third-order valence-corrected chi connectivity index (χ3v) is 17.3. The topological polar surface area (TPSA) is 403 Å². The maximum Gasteiger partial charge on any atom is 0.326 e. The number of hydrogen-bond acceptors (Lipinski definition) is 16. The van der Waals surface area contributed by atoms with Crippen molar-refractivity contribution in [2.75, 3.05) is 18.8 Å². The summed E-state index contributed by atoms with van der Waals surface area (Å²) in [6.07, 6.45) is -0.743. The summed E-state index contributed by atoms with van der Waals surface area (Å²) >= 11 is 1.82. The van der Waals surface area contributed by atoms with E-state index in [1.54, 1.807) is 44.2 Å². The minimum absolute atomic E-state index is 0.0915. The number of carbonyl (C=O) groups is 11. The summed E-state index contributed by atoms with van der Waals surface area (Å²) in [5.41, 5.74) is 6.23. The molecule has 468 valence electrons. The molecule has 0 aromatic heterocycles. The lowest BCUT2D eigenvalue weighted by Gasteiger charge is -2.35. The zero-order chi connectivity index (χ0) is 63.5. The lowest BCUT2D eigenvalue weighted by Crippen LogP contribution is -2.63. The molecule has 25 nitrogen and oxygen atoms in total. The number of fused-ring (bicyclic) bond motifs is 1. The van der Waals surface area contributed by atoms with Crippen molar-refractivity contribution in [3.05, 3.63) is 101 Å². The number of carboxylic acid groups (broad SMARTS) is 1. The van der Waals surface area contributed by atoms with Gasteiger partial charge < -0.3 is 68.7 Å². The molecule has 5 rings (SSSR count). The van der Waals surface area contributed by atoms with Crippen LogP contribution >= 0.6 is 11.8 Å². The van der Waals surface area contributed by atoms with E-state index in [4.69, 9.17) is 5.73 Å². The SMILES string of the molecule is CC(C)[C@H](NC(=O)[C@@H](NCC(=O)CCCCNC(=O)CCCC[C@@H]1SC[C@]2(C)NC(=O)N[C@]12C)[C@@H](C)O)C(=O)N[C@H](C(=O)N[C@@H](Cc1ccc(C(=O)c2ccccc2)cc1)C(=O)N[C@@H](CC(N)=O)C(=O)N[C@@H](Cc1ccc(O)cc1)C(=O)O)[C@@H](C)O. The second-order valence-corrected chi connectivity index (χ2v) is 23.9. The van der Waals surface area contributed by atoms with Gasteiger partial charge in [0.15, 0.2) is 5.78 Å². The average Bonchev–Trinajstić information content (AvgIpc) is 1.77. The van der Waals surface area contributed by atoms with Crippen LogP contribution in [0.4, 0.5) is 4.79 Å². The molecule has 0 spiro atoms. The number of carbonyl (C=O) groups excluding carboxylic acids is 10. The number of urea groups is 1. The Bertz CT molecular complexity index is 2900. The monoisotopic (exact) mass is 1210 g/mol. The van der Waals surface area contributed by atoms with Crippen LogP contribution in [0.1, 0.15) is 120 Å². The predicted molar refractivity (Wildman–Crippen MR) is 318 cm³/mol. The standard InChI is InChI=1S/C60H82N10O15S/c1-33(2)48(67-55(81)49(34(3)71)63-31-41(74)16-12-13-27-62-47(76)18-11-10-17-45-60(6)59(5,32-86-45)69-58(85)70-60)54(80)68-50(35(4)72)56(82)65-42(28-36-19-23-39(24-20-36)51(77)38-14-8-7-9-15-38)52(78)64-43(30-46(61)75)53(79)66-44(57(83)84)29-37-21-25-40(73)26-22-37/h7-9,14-15,19-26,33-35,42-45,48-50,63,71-73H,10-13,16-18,27-32H2,1-6H3,(H2,61,75)(H,62,76)(H,64,78)(H,65,82)(H,66,79)(H,67,81)(H,68,80)(H,83,84)(H2,69,70,85)/t34-,35-,42+,43+,44+,45+,48+,49+,50+,59+,60-/m1/s1. The number of Topliss-reactive ketones (excluding diaryl/α,β-unsaturated/α-hetero) is 1. The number of amides is 9. The third-order valence-electron chi connectivity index (χ3n) is 15.4. The minimum Gasteiger partial charge on any atom is -0.508 e. The first kappa shape index (κ1) is 68.8. The number of phenols is 1. The fraction of sp³-hybridized carbons (Fsp3) is 0.517. The van der Waals surface area contributed by atoms with E-state index in [-0.39, 0.29) is 77.0 Å². The number of thioether (sulfide) groups is 1. The van der Waals surface area contributed by atoms with E-state index in [0.29, 0.717) is 48.9 Å². The number of nitrogens with two attached hydrogens (primary N) is 1. The van der Waals surface area contributed by atoms with Gasteiger partial charge in [-0.2, -0.15) is 11.8 Å². The second kappa shape index (κ2) is 32.0. The zero-order valence-electron chi connectivity index (χ0n) is 49.2. The Morgan fingerprint density at radius 3 is 1.78 bits per heavy atom. The van der Waals surface area contributed by atoms with Crippen molar-refractivity contribution in [2.24, 2.45) is 11.7 Å². The molecule has 0 unspecified atom stereocenters. The normalized spacial score (nSPS) is 19.7. The zero-order valence-corrected chi connectivity index (χ0v) is 50.1. The molecule has 86 heavy (non-hydrogen) atoms. The second-order valence-electron chi connectivity index (χ2n) is 22.7. The number of hydrogen-bond donors (Lipinski definition) is 14. The van der Waals surface area contributed by atoms with Gasteiger partial charge in [0.2, 0.25) is 41.4 Å². The Balaban J connectivity index is 1.18. The quantitative estimate of drug-likeness (QED) is 0.0217. The van der Waals surface area contributed by atoms with Crippen LogP contribution in [0.3, 0.4) is 0 Å². The number of carboxylic acids is 1. The summed E-state index contributed by atoms with van der Waals surface area (Å²) in [5, 5.41) is 65.4. The highest BCUT2D eigenvalue weighted by atomic mass is 32.2. The number of ketones is 2. The van der Waals surface area contributed by atoms with Gasteiger partial charge in [0.05, 0.1) is 36.3 Å². The molecule has 2 fully saturated rings. The van der Waals surface area contributed by atoms with Gasteiger partial charge in [-0.15, -0.1) is 0 Å². The van der Waals surface area contributed by atoms with E-state index in [1.807, 2.05) is 18.7 Å². The lowest BCUT2D eigenvalue weighted by molar-refractivity contribution is -0.142. The Hall–Kier alpha value is -7.94. The van der Waals surface area contributed by atoms with Crippen LogP contribution in [-0.2, 0) is 56.0 Å². The van der Waals surface area contributed by atoms with Crippen molar-refractivity contribution < 1.29 is 73.2 Å². The van der Waals surface area contributed by atoms with Crippen LogP contribution in [0, 0.1) is 5.92 Å². The van der Waals surface area contributed by atoms with E-state index >= 15 is 0 Å². The van der Waals surface area contributed by atoms with Gasteiger partial charge in [0.25, 0.3) is 0 Å². The van der Waals surface area contributed by atoms with Gasteiger partial charge >= 0.3 is 12.0 Å². The summed E-state index contributed by atoms with van der Waals surface area (Å²) in [7, 11) is 0. The molecule has 2 saturated heterocycles. The van der Waals surface area contributed by atoms with Crippen molar-refractivity contribution in [3.8, 4) is 5.75 Å². The van der Waals surface area contributed by atoms with Gasteiger partial charge in [-0.25, -0.2) is 9.59 Å². The molecule has 0 saturated carbocycles. The lowest BCUT2D eigenvalue weighted by atomic mass is 9.79. The number of primary amides is 1. The van der Waals surface area contributed by atoms with Crippen molar-refractivity contribution >= 4 is 76.7 Å². The molecule has 2 heterocycles. The van der Waals surface area contributed by atoms with Crippen LogP contribution in [-0.4, -0.2) is 169 Å². The van der Waals surface area contributed by atoms with E-state index < -0.39 is 102 Å². The number of aliphatic hydroxyl groups is 2. The largest absolute Gasteiger partial charge is 0.508 e. The van der Waals surface area contributed by atoms with Crippen molar-refractivity contribution in [2.45, 2.75) is 171 Å². The first-order valence-electron chi connectivity index (χ1n) is 28.7. The van der Waals surface area contributed by atoms with E-state index in [2.05, 4.69) is 54.8 Å². The number of rotatable bonds is 35. The smallest absolute Gasteiger partial charge is 0.326 e. The number of phenolic OH excluding ortho intramolecular Hbond substituents is 1. The van der Waals surface area contributed by atoms with Crippen molar-refractivity contribution in [3.63, 3.8) is 0 Å². The fourth-order valence-corrected chi connectivity index (χ4v) is 12.0. The first-order chi connectivity index (χ1) is 40.6. The first-order valence-corrected chi connectivity index (χ1v) is 29.8. The molecule has 3 aromatic rings. The number of nitrogens with one attached hydrogen (secondary N) is 9. The summed E-state index contributed by atoms with van der Waals surface area (Å²) in [6.45, 7) is 9.76. The molecule has 9 amide bonds. The summed E-state index contributed by atoms with van der Waals surface area (Å²) in [5.74, 6) is -8.43. The van der Waals surface area contributed by atoms with Crippen LogP contribution < -0.4 is 53.6 Å². The van der Waals surface area contributed by atoms with Gasteiger partial charge in [-0.1, -0.05) is 87.0 Å². The summed E-state index contributed by atoms with van der Waals surface area (Å²) < 4.78 is 0. The van der Waals surface area contributed by atoms with Crippen LogP contribution in [0.2, 0.25) is 0 Å². The van der Waals surface area contributed by atoms with Gasteiger partial charge in [0.1, 0.15) is 47.8 Å². The van der Waals surface area contributed by atoms with Crippen LogP contribution in [0.25, 0.3) is 0 Å². The van der Waals surface area contributed by atoms with Gasteiger partial charge in [-0.05, 0) is 82.6 Å². The number of aliphatic hydroxyl groups excluding tert-OH is 2. The Labute approximate surface area is 503 Å². The molecule has 2 aliphatic heterocycles. The van der Waals surface area contributed by atoms with Crippen LogP contribution in [0.5, 0.6) is 5.75 Å². The predicted octanol–water partition coefficient (Wildman–Crippen LogP) is 0.530. The highest BCUT2D eigenvalue weighted by Gasteiger charge is 2.60. The highest BCUT2D eigenvalue weighted by molar-refractivity contribution is 8.00. The number of benzene rings is 3. The molecular formula is C60H82N10O15S. The van der Waals surface area contributed by atoms with Crippen molar-refractivity contribution in [1.29, 1.82) is 0 Å². The molecule has 26 heteroatoms. The molecule has 15 N–H and O–H groups in total. The van der Waals surface area contributed by atoms with Gasteiger partial charge in [0, 0.05) is 54.4 Å². The Morgan fingerprint density at radius 2 is 1.17 bits per heavy atom. The Kier molecular flexibility index (Phi) is 25.6. The third kappa shape index (κ3) is 19.8. The summed E-state index contributed by atoms with van der Waals surface area (Å²) in [6, 6.07) is 10.0. The van der Waals surface area contributed by atoms with E-state index in [1.165, 1.54) is 62.4 Å². The fourth-order valence-electron chi connectivity index (χ4n) is 10.1. The Morgan fingerprint density at radius 1 is 0.640 bits per heavy atom. The molecule has 0 aliphatic carbocycles. The molecule has 0 bridgehead atoms. The van der Waals surface area contributed by atoms with Crippen molar-refractivity contribution in [1.82, 2.24) is 47.9 Å². The average molecular weight is 1220 g/mol. The minimum atomic E-state index is -1.82. The molecule has 2 aliphatic rings. The maximum atomic E-state index is 14.3. The number of aliphatic carboxylic acids is 1. The summed E-state index contributed by atoms with van der Waals surface area (Å²) in [4.78, 5) is 145. The number of unbranched alkanes of at least 4 members (excludes halogenated alkanes) is 2. The van der Waals surface area contributed by atoms with Crippen LogP contribution in [0.15, 0.2) is 78.9 Å².